The van der Waals surface area contributed by atoms with Gasteiger partial charge in [0.15, 0.2) is 0 Å². The van der Waals surface area contributed by atoms with Crippen molar-refractivity contribution in [3.05, 3.63) is 35.4 Å². The Morgan fingerprint density at radius 1 is 1.50 bits per heavy atom. The van der Waals surface area contributed by atoms with Crippen LogP contribution >= 0.6 is 0 Å². The van der Waals surface area contributed by atoms with Crippen molar-refractivity contribution in [3.63, 3.8) is 0 Å². The van der Waals surface area contributed by atoms with E-state index in [1.54, 1.807) is 0 Å². The Morgan fingerprint density at radius 3 is 2.80 bits per heavy atom. The normalized spacial score (nSPS) is 25.9. The predicted molar refractivity (Wildman–Crippen MR) is 69.3 cm³/mol. The van der Waals surface area contributed by atoms with Gasteiger partial charge in [0.25, 0.3) is 0 Å². The SMILES string of the molecule is CCCCC1(c2ccc(F)cc2F)CC(C(=O)O)CO1. The van der Waals surface area contributed by atoms with Gasteiger partial charge in [-0.15, -0.1) is 0 Å². The monoisotopic (exact) mass is 284 g/mol. The molecule has 2 rings (SSSR count). The summed E-state index contributed by atoms with van der Waals surface area (Å²) in [7, 11) is 0. The van der Waals surface area contributed by atoms with E-state index in [1.807, 2.05) is 6.92 Å². The summed E-state index contributed by atoms with van der Waals surface area (Å²) < 4.78 is 32.8. The van der Waals surface area contributed by atoms with Crippen molar-refractivity contribution in [1.82, 2.24) is 0 Å². The molecule has 0 aromatic heterocycles. The number of halogens is 2. The standard InChI is InChI=1S/C15H18F2O3/c1-2-3-6-15(8-10(9-20-15)14(18)19)12-5-4-11(16)7-13(12)17/h4-5,7,10H,2-3,6,8-9H2,1H3,(H,18,19). The van der Waals surface area contributed by atoms with Crippen LogP contribution in [0.2, 0.25) is 0 Å². The molecule has 3 nitrogen and oxygen atoms in total. The quantitative estimate of drug-likeness (QED) is 0.900. The summed E-state index contributed by atoms with van der Waals surface area (Å²) in [6.45, 7) is 2.06. The smallest absolute Gasteiger partial charge is 0.308 e. The van der Waals surface area contributed by atoms with Gasteiger partial charge in [-0.3, -0.25) is 4.79 Å². The van der Waals surface area contributed by atoms with Crippen molar-refractivity contribution in [2.45, 2.75) is 38.2 Å². The summed E-state index contributed by atoms with van der Waals surface area (Å²) >= 11 is 0. The Kier molecular flexibility index (Phi) is 4.38. The first kappa shape index (κ1) is 14.9. The summed E-state index contributed by atoms with van der Waals surface area (Å²) in [5.74, 6) is -2.90. The molecule has 0 bridgehead atoms. The van der Waals surface area contributed by atoms with Crippen LogP contribution in [-0.4, -0.2) is 17.7 Å². The van der Waals surface area contributed by atoms with Crippen LogP contribution in [0.15, 0.2) is 18.2 Å². The second-order valence-electron chi connectivity index (χ2n) is 5.27. The van der Waals surface area contributed by atoms with Crippen molar-refractivity contribution < 1.29 is 23.4 Å². The van der Waals surface area contributed by atoms with Crippen LogP contribution in [0, 0.1) is 17.6 Å². The highest BCUT2D eigenvalue weighted by Gasteiger charge is 2.45. The fraction of sp³-hybridized carbons (Fsp3) is 0.533. The molecule has 1 fully saturated rings. The van der Waals surface area contributed by atoms with E-state index >= 15 is 0 Å². The van der Waals surface area contributed by atoms with Gasteiger partial charge in [0.1, 0.15) is 11.6 Å². The van der Waals surface area contributed by atoms with E-state index in [0.29, 0.717) is 6.42 Å². The first-order valence-corrected chi connectivity index (χ1v) is 6.81. The number of carboxylic acid groups (broad SMARTS) is 1. The molecule has 1 heterocycles. The molecule has 1 aromatic carbocycles. The zero-order valence-corrected chi connectivity index (χ0v) is 11.4. The third-order valence-electron chi connectivity index (χ3n) is 3.84. The van der Waals surface area contributed by atoms with Gasteiger partial charge in [-0.1, -0.05) is 25.8 Å². The third kappa shape index (κ3) is 2.82. The maximum atomic E-state index is 14.0. The van der Waals surface area contributed by atoms with Gasteiger partial charge in [0.05, 0.1) is 18.1 Å². The zero-order valence-electron chi connectivity index (χ0n) is 11.4. The maximum Gasteiger partial charge on any atom is 0.308 e. The van der Waals surface area contributed by atoms with Crippen LogP contribution in [0.4, 0.5) is 8.78 Å². The lowest BCUT2D eigenvalue weighted by molar-refractivity contribution is -0.141. The number of carbonyl (C=O) groups is 1. The Bertz CT molecular complexity index is 504. The molecule has 1 aliphatic rings. The summed E-state index contributed by atoms with van der Waals surface area (Å²) in [6.07, 6.45) is 2.45. The summed E-state index contributed by atoms with van der Waals surface area (Å²) in [6, 6.07) is 3.37. The van der Waals surface area contributed by atoms with E-state index in [0.717, 1.165) is 18.9 Å². The lowest BCUT2D eigenvalue weighted by atomic mass is 9.83. The fourth-order valence-electron chi connectivity index (χ4n) is 2.75. The van der Waals surface area contributed by atoms with Crippen LogP contribution in [0.5, 0.6) is 0 Å². The number of unbranched alkanes of at least 4 members (excludes halogenated alkanes) is 1. The van der Waals surface area contributed by atoms with Gasteiger partial charge in [-0.25, -0.2) is 8.78 Å². The van der Waals surface area contributed by atoms with Gasteiger partial charge >= 0.3 is 5.97 Å². The number of rotatable bonds is 5. The molecule has 1 aliphatic heterocycles. The van der Waals surface area contributed by atoms with Gasteiger partial charge in [-0.2, -0.15) is 0 Å². The number of carboxylic acids is 1. The van der Waals surface area contributed by atoms with Crippen molar-refractivity contribution in [2.24, 2.45) is 5.92 Å². The summed E-state index contributed by atoms with van der Waals surface area (Å²) in [4.78, 5) is 11.1. The number of hydrogen-bond donors (Lipinski definition) is 1. The Balaban J connectivity index is 2.35. The number of ether oxygens (including phenoxy) is 1. The minimum absolute atomic E-state index is 0.0653. The first-order valence-electron chi connectivity index (χ1n) is 6.81. The second-order valence-corrected chi connectivity index (χ2v) is 5.27. The lowest BCUT2D eigenvalue weighted by Gasteiger charge is -2.29. The largest absolute Gasteiger partial charge is 0.481 e. The fourth-order valence-corrected chi connectivity index (χ4v) is 2.75. The molecule has 2 unspecified atom stereocenters. The molecule has 0 radical (unpaired) electrons. The molecule has 0 amide bonds. The van der Waals surface area contributed by atoms with Gasteiger partial charge in [-0.05, 0) is 18.9 Å². The van der Waals surface area contributed by atoms with Crippen LogP contribution in [0.3, 0.4) is 0 Å². The van der Waals surface area contributed by atoms with E-state index in [9.17, 15) is 13.6 Å². The van der Waals surface area contributed by atoms with Crippen LogP contribution in [0.1, 0.15) is 38.2 Å². The Hall–Kier alpha value is -1.49. The number of benzene rings is 1. The van der Waals surface area contributed by atoms with E-state index in [-0.39, 0.29) is 18.6 Å². The molecule has 0 saturated carbocycles. The van der Waals surface area contributed by atoms with Crippen LogP contribution in [0.25, 0.3) is 0 Å². The Morgan fingerprint density at radius 2 is 2.25 bits per heavy atom. The maximum absolute atomic E-state index is 14.0. The average Bonchev–Trinajstić information content (AvgIpc) is 2.82. The molecule has 0 aliphatic carbocycles. The molecule has 1 N–H and O–H groups in total. The topological polar surface area (TPSA) is 46.5 Å². The lowest BCUT2D eigenvalue weighted by Crippen LogP contribution is -2.27. The summed E-state index contributed by atoms with van der Waals surface area (Å²) in [5.41, 5.74) is -0.687. The molecule has 110 valence electrons. The van der Waals surface area contributed by atoms with Crippen molar-refractivity contribution in [2.75, 3.05) is 6.61 Å². The molecule has 0 spiro atoms. The highest BCUT2D eigenvalue weighted by Crippen LogP contribution is 2.44. The van der Waals surface area contributed by atoms with E-state index in [1.165, 1.54) is 12.1 Å². The van der Waals surface area contributed by atoms with Gasteiger partial charge < -0.3 is 9.84 Å². The molecule has 1 saturated heterocycles. The molecule has 20 heavy (non-hydrogen) atoms. The molecule has 1 aromatic rings. The number of hydrogen-bond acceptors (Lipinski definition) is 2. The van der Waals surface area contributed by atoms with Crippen LogP contribution in [-0.2, 0) is 15.1 Å². The van der Waals surface area contributed by atoms with Gasteiger partial charge in [0, 0.05) is 11.6 Å². The van der Waals surface area contributed by atoms with Crippen molar-refractivity contribution >= 4 is 5.97 Å². The van der Waals surface area contributed by atoms with Crippen molar-refractivity contribution in [3.8, 4) is 0 Å². The van der Waals surface area contributed by atoms with E-state index < -0.39 is 29.1 Å². The molecular formula is C15H18F2O3. The predicted octanol–water partition coefficient (Wildman–Crippen LogP) is 3.47. The van der Waals surface area contributed by atoms with E-state index in [2.05, 4.69) is 0 Å². The minimum atomic E-state index is -0.948. The molecule has 5 heteroatoms. The third-order valence-corrected chi connectivity index (χ3v) is 3.84. The van der Waals surface area contributed by atoms with Gasteiger partial charge in [0.2, 0.25) is 0 Å². The number of aliphatic carboxylic acids is 1. The first-order chi connectivity index (χ1) is 9.48. The average molecular weight is 284 g/mol. The Labute approximate surface area is 116 Å². The molecule has 2 atom stereocenters. The van der Waals surface area contributed by atoms with Crippen molar-refractivity contribution in [1.29, 1.82) is 0 Å². The highest BCUT2D eigenvalue weighted by atomic mass is 19.1. The minimum Gasteiger partial charge on any atom is -0.481 e. The highest BCUT2D eigenvalue weighted by molar-refractivity contribution is 5.70. The zero-order chi connectivity index (χ0) is 14.8. The molecular weight excluding hydrogens is 266 g/mol. The van der Waals surface area contributed by atoms with E-state index in [4.69, 9.17) is 9.84 Å². The summed E-state index contributed by atoms with van der Waals surface area (Å²) in [5, 5.41) is 9.10. The second kappa shape index (κ2) is 5.87. The van der Waals surface area contributed by atoms with Crippen LogP contribution < -0.4 is 0 Å².